The lowest BCUT2D eigenvalue weighted by Gasteiger charge is -2.15. The number of nitrogens with zero attached hydrogens (tertiary/aromatic N) is 1. The van der Waals surface area contributed by atoms with Crippen LogP contribution in [0.4, 0.5) is 0 Å². The first kappa shape index (κ1) is 15.5. The van der Waals surface area contributed by atoms with Crippen LogP contribution in [0.3, 0.4) is 0 Å². The minimum atomic E-state index is 0.118. The van der Waals surface area contributed by atoms with Crippen LogP contribution in [-0.4, -0.2) is 11.0 Å². The van der Waals surface area contributed by atoms with Gasteiger partial charge in [-0.2, -0.15) is 0 Å². The van der Waals surface area contributed by atoms with Gasteiger partial charge in [-0.25, -0.2) is 0 Å². The molecule has 1 aromatic heterocycles. The van der Waals surface area contributed by atoms with Crippen molar-refractivity contribution in [3.63, 3.8) is 0 Å². The summed E-state index contributed by atoms with van der Waals surface area (Å²) in [5, 5.41) is 0. The maximum atomic E-state index is 6.07. The molecule has 0 amide bonds. The van der Waals surface area contributed by atoms with Crippen LogP contribution in [0.15, 0.2) is 36.7 Å². The zero-order chi connectivity index (χ0) is 15.4. The Morgan fingerprint density at radius 2 is 1.90 bits per heavy atom. The van der Waals surface area contributed by atoms with Crippen molar-refractivity contribution < 1.29 is 4.74 Å². The second-order valence-electron chi connectivity index (χ2n) is 6.01. The minimum Gasteiger partial charge on any atom is -0.455 e. The third kappa shape index (κ3) is 4.30. The lowest BCUT2D eigenvalue weighted by atomic mass is 10.0. The Hall–Kier alpha value is -1.87. The predicted octanol–water partition coefficient (Wildman–Crippen LogP) is 4.20. The standard InChI is InChI=1S/C18H24N2O/c1-12(2)17-6-5-13(3)7-18(17)21-16-9-15(8-14(4)19)10-20-11-16/h5-7,9-12,14H,8,19H2,1-4H3. The molecule has 1 atom stereocenters. The molecule has 0 bridgehead atoms. The molecule has 0 radical (unpaired) electrons. The predicted molar refractivity (Wildman–Crippen MR) is 86.9 cm³/mol. The molecule has 0 saturated carbocycles. The summed E-state index contributed by atoms with van der Waals surface area (Å²) >= 11 is 0. The molecule has 2 aromatic rings. The number of aryl methyl sites for hydroxylation is 1. The average Bonchev–Trinajstić information content (AvgIpc) is 2.38. The zero-order valence-corrected chi connectivity index (χ0v) is 13.3. The van der Waals surface area contributed by atoms with E-state index in [2.05, 4.69) is 44.0 Å². The molecule has 2 rings (SSSR count). The molecule has 0 aliphatic heterocycles. The molecular weight excluding hydrogens is 260 g/mol. The second kappa shape index (κ2) is 6.72. The Morgan fingerprint density at radius 1 is 1.14 bits per heavy atom. The molecule has 2 N–H and O–H groups in total. The molecule has 0 spiro atoms. The lowest BCUT2D eigenvalue weighted by molar-refractivity contribution is 0.469. The van der Waals surface area contributed by atoms with E-state index in [1.165, 1.54) is 11.1 Å². The summed E-state index contributed by atoms with van der Waals surface area (Å²) in [6.07, 6.45) is 4.39. The number of hydrogen-bond acceptors (Lipinski definition) is 3. The molecule has 1 aromatic carbocycles. The number of hydrogen-bond donors (Lipinski definition) is 1. The van der Waals surface area contributed by atoms with Crippen LogP contribution in [-0.2, 0) is 6.42 Å². The highest BCUT2D eigenvalue weighted by molar-refractivity contribution is 5.42. The molecule has 21 heavy (non-hydrogen) atoms. The van der Waals surface area contributed by atoms with Crippen molar-refractivity contribution in [1.82, 2.24) is 4.98 Å². The Bertz CT molecular complexity index is 606. The van der Waals surface area contributed by atoms with Crippen LogP contribution in [0.25, 0.3) is 0 Å². The van der Waals surface area contributed by atoms with Gasteiger partial charge < -0.3 is 10.5 Å². The first-order valence-corrected chi connectivity index (χ1v) is 7.43. The zero-order valence-electron chi connectivity index (χ0n) is 13.3. The van der Waals surface area contributed by atoms with Crippen LogP contribution in [0.5, 0.6) is 11.5 Å². The van der Waals surface area contributed by atoms with Crippen LogP contribution < -0.4 is 10.5 Å². The third-order valence-electron chi connectivity index (χ3n) is 3.35. The van der Waals surface area contributed by atoms with Crippen LogP contribution in [0.1, 0.15) is 43.4 Å². The number of nitrogens with two attached hydrogens (primary N) is 1. The van der Waals surface area contributed by atoms with E-state index >= 15 is 0 Å². The Kier molecular flexibility index (Phi) is 4.97. The SMILES string of the molecule is Cc1ccc(C(C)C)c(Oc2cncc(CC(C)N)c2)c1. The van der Waals surface area contributed by atoms with Crippen molar-refractivity contribution in [2.45, 2.75) is 46.1 Å². The molecule has 0 aliphatic carbocycles. The van der Waals surface area contributed by atoms with Crippen molar-refractivity contribution >= 4 is 0 Å². The molecule has 3 nitrogen and oxygen atoms in total. The van der Waals surface area contributed by atoms with Gasteiger partial charge in [-0.15, -0.1) is 0 Å². The second-order valence-corrected chi connectivity index (χ2v) is 6.01. The topological polar surface area (TPSA) is 48.1 Å². The fraction of sp³-hybridized carbons (Fsp3) is 0.389. The van der Waals surface area contributed by atoms with Crippen molar-refractivity contribution in [2.24, 2.45) is 5.73 Å². The first-order valence-electron chi connectivity index (χ1n) is 7.43. The molecule has 0 fully saturated rings. The number of ether oxygens (including phenoxy) is 1. The number of rotatable bonds is 5. The molecule has 1 unspecified atom stereocenters. The normalized spacial score (nSPS) is 12.5. The van der Waals surface area contributed by atoms with E-state index in [1.807, 2.05) is 19.2 Å². The van der Waals surface area contributed by atoms with E-state index < -0.39 is 0 Å². The maximum absolute atomic E-state index is 6.07. The van der Waals surface area contributed by atoms with E-state index in [4.69, 9.17) is 10.5 Å². The van der Waals surface area contributed by atoms with E-state index in [-0.39, 0.29) is 6.04 Å². The largest absolute Gasteiger partial charge is 0.455 e. The van der Waals surface area contributed by atoms with Crippen molar-refractivity contribution in [2.75, 3.05) is 0 Å². The number of pyridine rings is 1. The Labute approximate surface area is 127 Å². The average molecular weight is 284 g/mol. The van der Waals surface area contributed by atoms with E-state index in [0.717, 1.165) is 23.5 Å². The van der Waals surface area contributed by atoms with E-state index in [0.29, 0.717) is 5.92 Å². The molecular formula is C18H24N2O. The molecule has 0 aliphatic rings. The summed E-state index contributed by atoms with van der Waals surface area (Å²) in [5.74, 6) is 2.09. The summed E-state index contributed by atoms with van der Waals surface area (Å²) in [7, 11) is 0. The highest BCUT2D eigenvalue weighted by Crippen LogP contribution is 2.31. The Balaban J connectivity index is 2.27. The smallest absolute Gasteiger partial charge is 0.145 e. The summed E-state index contributed by atoms with van der Waals surface area (Å²) in [5.41, 5.74) is 9.34. The highest BCUT2D eigenvalue weighted by Gasteiger charge is 2.10. The van der Waals surface area contributed by atoms with Gasteiger partial charge in [-0.1, -0.05) is 26.0 Å². The summed E-state index contributed by atoms with van der Waals surface area (Å²) in [4.78, 5) is 4.25. The quantitative estimate of drug-likeness (QED) is 0.895. The van der Waals surface area contributed by atoms with Gasteiger partial charge in [0.05, 0.1) is 6.20 Å². The van der Waals surface area contributed by atoms with Crippen molar-refractivity contribution in [3.8, 4) is 11.5 Å². The van der Waals surface area contributed by atoms with Gasteiger partial charge in [0.25, 0.3) is 0 Å². The van der Waals surface area contributed by atoms with Crippen LogP contribution in [0, 0.1) is 6.92 Å². The van der Waals surface area contributed by atoms with Gasteiger partial charge >= 0.3 is 0 Å². The summed E-state index contributed by atoms with van der Waals surface area (Å²) in [6.45, 7) is 8.40. The Morgan fingerprint density at radius 3 is 2.57 bits per heavy atom. The minimum absolute atomic E-state index is 0.118. The first-order chi connectivity index (χ1) is 9.95. The molecule has 0 saturated heterocycles. The maximum Gasteiger partial charge on any atom is 0.145 e. The van der Waals surface area contributed by atoms with Gasteiger partial charge in [0.1, 0.15) is 11.5 Å². The number of benzene rings is 1. The van der Waals surface area contributed by atoms with Gasteiger partial charge in [-0.3, -0.25) is 4.98 Å². The van der Waals surface area contributed by atoms with Gasteiger partial charge in [0.15, 0.2) is 0 Å². The lowest BCUT2D eigenvalue weighted by Crippen LogP contribution is -2.17. The monoisotopic (exact) mass is 284 g/mol. The van der Waals surface area contributed by atoms with Gasteiger partial charge in [-0.05, 0) is 55.0 Å². The molecule has 3 heteroatoms. The fourth-order valence-corrected chi connectivity index (χ4v) is 2.34. The van der Waals surface area contributed by atoms with Crippen LogP contribution >= 0.6 is 0 Å². The van der Waals surface area contributed by atoms with E-state index in [9.17, 15) is 0 Å². The van der Waals surface area contributed by atoms with E-state index in [1.54, 1.807) is 6.20 Å². The summed E-state index contributed by atoms with van der Waals surface area (Å²) < 4.78 is 6.07. The third-order valence-corrected chi connectivity index (χ3v) is 3.35. The van der Waals surface area contributed by atoms with Gasteiger partial charge in [0.2, 0.25) is 0 Å². The molecule has 112 valence electrons. The van der Waals surface area contributed by atoms with Crippen LogP contribution in [0.2, 0.25) is 0 Å². The fourth-order valence-electron chi connectivity index (χ4n) is 2.34. The highest BCUT2D eigenvalue weighted by atomic mass is 16.5. The summed E-state index contributed by atoms with van der Waals surface area (Å²) in [6, 6.07) is 8.46. The molecule has 1 heterocycles. The van der Waals surface area contributed by atoms with Crippen molar-refractivity contribution in [1.29, 1.82) is 0 Å². The van der Waals surface area contributed by atoms with Gasteiger partial charge in [0, 0.05) is 12.2 Å². The number of aromatic nitrogens is 1. The van der Waals surface area contributed by atoms with Crippen molar-refractivity contribution in [3.05, 3.63) is 53.3 Å².